The minimum Gasteiger partial charge on any atom is -0.444 e. The molecule has 116 valence electrons. The third-order valence-corrected chi connectivity index (χ3v) is 3.74. The number of rotatable bonds is 0. The van der Waals surface area contributed by atoms with Crippen LogP contribution < -0.4 is 0 Å². The van der Waals surface area contributed by atoms with Gasteiger partial charge in [0.25, 0.3) is 0 Å². The number of benzene rings is 1. The Hall–Kier alpha value is -1.51. The third kappa shape index (κ3) is 3.99. The number of ether oxygens (including phenoxy) is 1. The van der Waals surface area contributed by atoms with E-state index in [4.69, 9.17) is 4.74 Å². The Balaban J connectivity index is 2.17. The van der Waals surface area contributed by atoms with Crippen LogP contribution in [-0.4, -0.2) is 23.1 Å². The zero-order valence-corrected chi connectivity index (χ0v) is 14.1. The van der Waals surface area contributed by atoms with Crippen molar-refractivity contribution in [2.24, 2.45) is 0 Å². The van der Waals surface area contributed by atoms with Crippen molar-refractivity contribution < 1.29 is 9.53 Å². The average molecular weight is 289 g/mol. The summed E-state index contributed by atoms with van der Waals surface area (Å²) in [6, 6.07) is 6.66. The van der Waals surface area contributed by atoms with E-state index in [1.807, 2.05) is 20.8 Å². The van der Waals surface area contributed by atoms with Gasteiger partial charge in [0, 0.05) is 13.1 Å². The normalized spacial score (nSPS) is 15.6. The summed E-state index contributed by atoms with van der Waals surface area (Å²) in [7, 11) is 0. The maximum absolute atomic E-state index is 12.2. The lowest BCUT2D eigenvalue weighted by Gasteiger charge is -2.32. The van der Waals surface area contributed by atoms with Gasteiger partial charge in [0.15, 0.2) is 0 Å². The summed E-state index contributed by atoms with van der Waals surface area (Å²) in [6.45, 7) is 13.7. The predicted octanol–water partition coefficient (Wildman–Crippen LogP) is 4.28. The van der Waals surface area contributed by atoms with Crippen molar-refractivity contribution in [1.29, 1.82) is 0 Å². The van der Waals surface area contributed by atoms with Crippen LogP contribution in [0.5, 0.6) is 0 Å². The van der Waals surface area contributed by atoms with E-state index in [2.05, 4.69) is 39.0 Å². The van der Waals surface area contributed by atoms with E-state index in [1.54, 1.807) is 4.90 Å². The lowest BCUT2D eigenvalue weighted by Crippen LogP contribution is -2.40. The average Bonchev–Trinajstić information content (AvgIpc) is 2.34. The van der Waals surface area contributed by atoms with Gasteiger partial charge in [-0.15, -0.1) is 0 Å². The Morgan fingerprint density at radius 3 is 2.33 bits per heavy atom. The molecular formula is C18H27NO2. The van der Waals surface area contributed by atoms with Crippen molar-refractivity contribution in [3.63, 3.8) is 0 Å². The molecule has 0 aromatic heterocycles. The van der Waals surface area contributed by atoms with E-state index >= 15 is 0 Å². The maximum Gasteiger partial charge on any atom is 0.410 e. The van der Waals surface area contributed by atoms with Gasteiger partial charge in [-0.3, -0.25) is 0 Å². The SMILES string of the molecule is CC(C)(C)OC(=O)N1CCc2ccc(C(C)(C)C)cc2C1. The monoisotopic (exact) mass is 289 g/mol. The molecule has 1 aliphatic rings. The number of nitrogens with zero attached hydrogens (tertiary/aromatic N) is 1. The molecule has 0 saturated heterocycles. The number of fused-ring (bicyclic) bond motifs is 1. The highest BCUT2D eigenvalue weighted by molar-refractivity contribution is 5.68. The molecule has 0 bridgehead atoms. The van der Waals surface area contributed by atoms with Crippen LogP contribution in [0.1, 0.15) is 58.2 Å². The number of hydrogen-bond acceptors (Lipinski definition) is 2. The van der Waals surface area contributed by atoms with Crippen LogP contribution in [0.2, 0.25) is 0 Å². The minimum absolute atomic E-state index is 0.128. The molecule has 0 N–H and O–H groups in total. The van der Waals surface area contributed by atoms with Gasteiger partial charge in [-0.1, -0.05) is 39.0 Å². The molecule has 3 heteroatoms. The second-order valence-corrected chi connectivity index (χ2v) is 7.89. The molecule has 0 radical (unpaired) electrons. The molecule has 2 rings (SSSR count). The Kier molecular flexibility index (Phi) is 4.05. The third-order valence-electron chi connectivity index (χ3n) is 3.74. The summed E-state index contributed by atoms with van der Waals surface area (Å²) in [5.41, 5.74) is 3.60. The van der Waals surface area contributed by atoms with Gasteiger partial charge in [-0.2, -0.15) is 0 Å². The highest BCUT2D eigenvalue weighted by Crippen LogP contribution is 2.28. The number of amides is 1. The number of hydrogen-bond donors (Lipinski definition) is 0. The molecule has 0 spiro atoms. The molecule has 21 heavy (non-hydrogen) atoms. The predicted molar refractivity (Wildman–Crippen MR) is 85.5 cm³/mol. The van der Waals surface area contributed by atoms with Crippen molar-refractivity contribution in [2.75, 3.05) is 6.54 Å². The molecule has 3 nitrogen and oxygen atoms in total. The first kappa shape index (κ1) is 15.9. The molecule has 0 atom stereocenters. The second kappa shape index (κ2) is 5.36. The van der Waals surface area contributed by atoms with Crippen LogP contribution in [0.15, 0.2) is 18.2 Å². The van der Waals surface area contributed by atoms with Crippen LogP contribution in [0.3, 0.4) is 0 Å². The standard InChI is InChI=1S/C18H27NO2/c1-17(2,3)15-8-7-13-9-10-19(12-14(13)11-15)16(20)21-18(4,5)6/h7-8,11H,9-10,12H2,1-6H3. The first-order valence-electron chi connectivity index (χ1n) is 7.66. The minimum atomic E-state index is -0.440. The van der Waals surface area contributed by atoms with Crippen LogP contribution in [0.25, 0.3) is 0 Å². The summed E-state index contributed by atoms with van der Waals surface area (Å²) in [4.78, 5) is 14.0. The van der Waals surface area contributed by atoms with Crippen LogP contribution in [0.4, 0.5) is 4.79 Å². The summed E-state index contributed by atoms with van der Waals surface area (Å²) in [6.07, 6.45) is 0.688. The van der Waals surface area contributed by atoms with Gasteiger partial charge >= 0.3 is 6.09 Å². The molecule has 0 aliphatic carbocycles. The Morgan fingerprint density at radius 1 is 1.10 bits per heavy atom. The molecule has 1 amide bonds. The summed E-state index contributed by atoms with van der Waals surface area (Å²) in [5, 5.41) is 0. The lowest BCUT2D eigenvalue weighted by atomic mass is 9.84. The van der Waals surface area contributed by atoms with E-state index < -0.39 is 5.60 Å². The fraction of sp³-hybridized carbons (Fsp3) is 0.611. The van der Waals surface area contributed by atoms with E-state index in [-0.39, 0.29) is 11.5 Å². The van der Waals surface area contributed by atoms with Gasteiger partial charge in [0.2, 0.25) is 0 Å². The van der Waals surface area contributed by atoms with E-state index in [0.29, 0.717) is 6.54 Å². The highest BCUT2D eigenvalue weighted by Gasteiger charge is 2.26. The number of carbonyl (C=O) groups excluding carboxylic acids is 1. The molecule has 1 aliphatic heterocycles. The topological polar surface area (TPSA) is 29.5 Å². The van der Waals surface area contributed by atoms with Crippen molar-refractivity contribution >= 4 is 6.09 Å². The molecular weight excluding hydrogens is 262 g/mol. The fourth-order valence-corrected chi connectivity index (χ4v) is 2.51. The van der Waals surface area contributed by atoms with E-state index in [1.165, 1.54) is 16.7 Å². The molecule has 1 aromatic carbocycles. The largest absolute Gasteiger partial charge is 0.444 e. The van der Waals surface area contributed by atoms with Crippen LogP contribution >= 0.6 is 0 Å². The van der Waals surface area contributed by atoms with Crippen molar-refractivity contribution in [2.45, 2.75) is 65.5 Å². The van der Waals surface area contributed by atoms with E-state index in [9.17, 15) is 4.79 Å². The molecule has 0 saturated carbocycles. The molecule has 0 fully saturated rings. The van der Waals surface area contributed by atoms with Crippen LogP contribution in [-0.2, 0) is 23.1 Å². The summed E-state index contributed by atoms with van der Waals surface area (Å²) in [5.74, 6) is 0. The summed E-state index contributed by atoms with van der Waals surface area (Å²) >= 11 is 0. The van der Waals surface area contributed by atoms with Crippen LogP contribution in [0, 0.1) is 0 Å². The van der Waals surface area contributed by atoms with Gasteiger partial charge in [0.1, 0.15) is 5.60 Å². The Labute approximate surface area is 128 Å². The smallest absolute Gasteiger partial charge is 0.410 e. The van der Waals surface area contributed by atoms with Gasteiger partial charge in [-0.25, -0.2) is 4.79 Å². The summed E-state index contributed by atoms with van der Waals surface area (Å²) < 4.78 is 5.48. The number of carbonyl (C=O) groups is 1. The van der Waals surface area contributed by atoms with Gasteiger partial charge in [-0.05, 0) is 49.3 Å². The van der Waals surface area contributed by atoms with Crippen molar-refractivity contribution in [3.05, 3.63) is 34.9 Å². The second-order valence-electron chi connectivity index (χ2n) is 7.89. The lowest BCUT2D eigenvalue weighted by molar-refractivity contribution is 0.0224. The Bertz CT molecular complexity index is 535. The van der Waals surface area contributed by atoms with Crippen molar-refractivity contribution in [1.82, 2.24) is 4.90 Å². The maximum atomic E-state index is 12.2. The first-order valence-corrected chi connectivity index (χ1v) is 7.66. The quantitative estimate of drug-likeness (QED) is 0.713. The van der Waals surface area contributed by atoms with Crippen molar-refractivity contribution in [3.8, 4) is 0 Å². The van der Waals surface area contributed by atoms with Gasteiger partial charge < -0.3 is 9.64 Å². The first-order chi connectivity index (χ1) is 9.56. The van der Waals surface area contributed by atoms with E-state index in [0.717, 1.165) is 13.0 Å². The fourth-order valence-electron chi connectivity index (χ4n) is 2.51. The zero-order chi connectivity index (χ0) is 15.8. The molecule has 1 aromatic rings. The molecule has 1 heterocycles. The highest BCUT2D eigenvalue weighted by atomic mass is 16.6. The molecule has 0 unspecified atom stereocenters. The zero-order valence-electron chi connectivity index (χ0n) is 14.1. The van der Waals surface area contributed by atoms with Gasteiger partial charge in [0.05, 0.1) is 0 Å². The Morgan fingerprint density at radius 2 is 1.76 bits per heavy atom.